The fourth-order valence-corrected chi connectivity index (χ4v) is 2.10. The Morgan fingerprint density at radius 2 is 2.19 bits per heavy atom. The Kier molecular flexibility index (Phi) is 5.49. The molecule has 1 aliphatic rings. The molecular weight excluding hydrogens is 204 g/mol. The van der Waals surface area contributed by atoms with Gasteiger partial charge in [0.25, 0.3) is 0 Å². The number of piperidine rings is 1. The summed E-state index contributed by atoms with van der Waals surface area (Å²) in [6, 6.07) is 0. The van der Waals surface area contributed by atoms with Crippen molar-refractivity contribution in [1.82, 2.24) is 4.90 Å². The van der Waals surface area contributed by atoms with Gasteiger partial charge in [-0.25, -0.2) is 0 Å². The van der Waals surface area contributed by atoms with Crippen LogP contribution in [0.5, 0.6) is 0 Å². The van der Waals surface area contributed by atoms with Crippen LogP contribution in [0.25, 0.3) is 0 Å². The minimum atomic E-state index is -0.289. The Labute approximate surface area is 97.1 Å². The van der Waals surface area contributed by atoms with Crippen molar-refractivity contribution in [3.63, 3.8) is 0 Å². The zero-order valence-corrected chi connectivity index (χ0v) is 9.77. The van der Waals surface area contributed by atoms with Crippen LogP contribution in [-0.2, 0) is 4.79 Å². The third kappa shape index (κ3) is 4.33. The van der Waals surface area contributed by atoms with E-state index in [2.05, 4.69) is 11.5 Å². The average Bonchev–Trinajstić information content (AvgIpc) is 2.27. The summed E-state index contributed by atoms with van der Waals surface area (Å²) in [5.41, 5.74) is 5.26. The number of nitrogens with zero attached hydrogens (tertiary/aromatic N) is 1. The summed E-state index contributed by atoms with van der Waals surface area (Å²) in [5, 5.41) is 9.73. The van der Waals surface area contributed by atoms with E-state index in [-0.39, 0.29) is 17.9 Å². The van der Waals surface area contributed by atoms with E-state index in [1.165, 1.54) is 0 Å². The van der Waals surface area contributed by atoms with Gasteiger partial charge in [-0.3, -0.25) is 4.79 Å². The molecule has 1 atom stereocenters. The standard InChI is InChI=1S/C12H22N2O2/c1-2-3-4-11(15)9-14-7-5-10(6-8-14)12(13)16/h2,10-11,15H,1,3-9H2,(H2,13,16). The summed E-state index contributed by atoms with van der Waals surface area (Å²) in [4.78, 5) is 13.2. The maximum Gasteiger partial charge on any atom is 0.220 e. The first-order valence-corrected chi connectivity index (χ1v) is 5.94. The number of nitrogens with two attached hydrogens (primary N) is 1. The van der Waals surface area contributed by atoms with E-state index in [4.69, 9.17) is 5.73 Å². The van der Waals surface area contributed by atoms with Crippen molar-refractivity contribution < 1.29 is 9.90 Å². The lowest BCUT2D eigenvalue weighted by Crippen LogP contribution is -2.41. The van der Waals surface area contributed by atoms with Crippen molar-refractivity contribution in [3.8, 4) is 0 Å². The van der Waals surface area contributed by atoms with Gasteiger partial charge in [-0.15, -0.1) is 6.58 Å². The lowest BCUT2D eigenvalue weighted by atomic mass is 9.96. The first-order chi connectivity index (χ1) is 7.63. The van der Waals surface area contributed by atoms with Gasteiger partial charge in [0, 0.05) is 12.5 Å². The van der Waals surface area contributed by atoms with Crippen LogP contribution in [0.1, 0.15) is 25.7 Å². The third-order valence-corrected chi connectivity index (χ3v) is 3.16. The predicted octanol–water partition coefficient (Wildman–Crippen LogP) is 0.511. The normalized spacial score (nSPS) is 20.6. The lowest BCUT2D eigenvalue weighted by molar-refractivity contribution is -0.123. The Bertz CT molecular complexity index is 235. The number of allylic oxidation sites excluding steroid dienone is 1. The zero-order chi connectivity index (χ0) is 12.0. The van der Waals surface area contributed by atoms with E-state index >= 15 is 0 Å². The molecule has 1 unspecified atom stereocenters. The van der Waals surface area contributed by atoms with Gasteiger partial charge in [0.15, 0.2) is 0 Å². The summed E-state index contributed by atoms with van der Waals surface area (Å²) in [6.45, 7) is 6.05. The number of aliphatic hydroxyl groups is 1. The molecule has 16 heavy (non-hydrogen) atoms. The molecule has 0 aromatic rings. The molecule has 0 bridgehead atoms. The van der Waals surface area contributed by atoms with Gasteiger partial charge in [-0.05, 0) is 38.8 Å². The maximum absolute atomic E-state index is 11.0. The molecular formula is C12H22N2O2. The fraction of sp³-hybridized carbons (Fsp3) is 0.750. The molecule has 1 saturated heterocycles. The minimum absolute atomic E-state index is 0.0292. The van der Waals surface area contributed by atoms with Gasteiger partial charge in [-0.1, -0.05) is 6.08 Å². The second-order valence-electron chi connectivity index (χ2n) is 4.50. The zero-order valence-electron chi connectivity index (χ0n) is 9.77. The van der Waals surface area contributed by atoms with E-state index in [1.807, 2.05) is 6.08 Å². The number of likely N-dealkylation sites (tertiary alicyclic amines) is 1. The van der Waals surface area contributed by atoms with Crippen LogP contribution in [0.4, 0.5) is 0 Å². The monoisotopic (exact) mass is 226 g/mol. The third-order valence-electron chi connectivity index (χ3n) is 3.16. The van der Waals surface area contributed by atoms with E-state index in [9.17, 15) is 9.90 Å². The van der Waals surface area contributed by atoms with Crippen molar-refractivity contribution in [1.29, 1.82) is 0 Å². The maximum atomic E-state index is 11.0. The highest BCUT2D eigenvalue weighted by Gasteiger charge is 2.23. The Morgan fingerprint density at radius 3 is 2.69 bits per heavy atom. The van der Waals surface area contributed by atoms with Gasteiger partial charge in [-0.2, -0.15) is 0 Å². The number of β-amino-alcohol motifs (C(OH)–C–C–N with tert-alkyl or cyclic N) is 1. The second-order valence-corrected chi connectivity index (χ2v) is 4.50. The number of carbonyl (C=O) groups is 1. The van der Waals surface area contributed by atoms with Gasteiger partial charge in [0.2, 0.25) is 5.91 Å². The van der Waals surface area contributed by atoms with Crippen molar-refractivity contribution >= 4 is 5.91 Å². The van der Waals surface area contributed by atoms with E-state index in [1.54, 1.807) is 0 Å². The number of aliphatic hydroxyl groups excluding tert-OH is 1. The van der Waals surface area contributed by atoms with Crippen molar-refractivity contribution in [3.05, 3.63) is 12.7 Å². The molecule has 0 spiro atoms. The molecule has 4 heteroatoms. The molecule has 0 radical (unpaired) electrons. The first-order valence-electron chi connectivity index (χ1n) is 5.94. The quantitative estimate of drug-likeness (QED) is 0.649. The van der Waals surface area contributed by atoms with Crippen molar-refractivity contribution in [2.75, 3.05) is 19.6 Å². The van der Waals surface area contributed by atoms with E-state index in [0.717, 1.165) is 38.8 Å². The van der Waals surface area contributed by atoms with Gasteiger partial charge < -0.3 is 15.7 Å². The molecule has 1 heterocycles. The van der Waals surface area contributed by atoms with Crippen LogP contribution in [0.15, 0.2) is 12.7 Å². The number of carbonyl (C=O) groups excluding carboxylic acids is 1. The number of hydrogen-bond donors (Lipinski definition) is 2. The van der Waals surface area contributed by atoms with Crippen molar-refractivity contribution in [2.24, 2.45) is 11.7 Å². The summed E-state index contributed by atoms with van der Waals surface area (Å²) >= 11 is 0. The highest BCUT2D eigenvalue weighted by molar-refractivity contribution is 5.76. The largest absolute Gasteiger partial charge is 0.392 e. The summed E-state index contributed by atoms with van der Waals surface area (Å²) in [6.07, 6.45) is 4.79. The number of primary amides is 1. The molecule has 0 aromatic heterocycles. The van der Waals surface area contributed by atoms with Crippen molar-refractivity contribution in [2.45, 2.75) is 31.8 Å². The van der Waals surface area contributed by atoms with Gasteiger partial charge in [0.1, 0.15) is 0 Å². The molecule has 92 valence electrons. The summed E-state index contributed by atoms with van der Waals surface area (Å²) in [7, 11) is 0. The molecule has 1 aliphatic heterocycles. The van der Waals surface area contributed by atoms with Crippen LogP contribution in [0.2, 0.25) is 0 Å². The Hall–Kier alpha value is -0.870. The second kappa shape index (κ2) is 6.66. The smallest absolute Gasteiger partial charge is 0.220 e. The molecule has 0 aliphatic carbocycles. The van der Waals surface area contributed by atoms with Crippen LogP contribution < -0.4 is 5.73 Å². The molecule has 1 rings (SSSR count). The summed E-state index contributed by atoms with van der Waals surface area (Å²) in [5.74, 6) is -0.159. The average molecular weight is 226 g/mol. The van der Waals surface area contributed by atoms with Crippen LogP contribution >= 0.6 is 0 Å². The predicted molar refractivity (Wildman–Crippen MR) is 63.8 cm³/mol. The summed E-state index contributed by atoms with van der Waals surface area (Å²) < 4.78 is 0. The highest BCUT2D eigenvalue weighted by Crippen LogP contribution is 2.17. The fourth-order valence-electron chi connectivity index (χ4n) is 2.10. The van der Waals surface area contributed by atoms with Crippen LogP contribution in [0.3, 0.4) is 0 Å². The first kappa shape index (κ1) is 13.2. The Morgan fingerprint density at radius 1 is 1.56 bits per heavy atom. The Balaban J connectivity index is 2.21. The number of amides is 1. The van der Waals surface area contributed by atoms with Gasteiger partial charge >= 0.3 is 0 Å². The molecule has 1 fully saturated rings. The van der Waals surface area contributed by atoms with Crippen LogP contribution in [0, 0.1) is 5.92 Å². The minimum Gasteiger partial charge on any atom is -0.392 e. The number of rotatable bonds is 6. The molecule has 3 N–H and O–H groups in total. The topological polar surface area (TPSA) is 66.6 Å². The molecule has 1 amide bonds. The lowest BCUT2D eigenvalue weighted by Gasteiger charge is -2.31. The molecule has 0 saturated carbocycles. The van der Waals surface area contributed by atoms with Gasteiger partial charge in [0.05, 0.1) is 6.10 Å². The SMILES string of the molecule is C=CCCC(O)CN1CCC(C(N)=O)CC1. The molecule has 4 nitrogen and oxygen atoms in total. The highest BCUT2D eigenvalue weighted by atomic mass is 16.3. The van der Waals surface area contributed by atoms with E-state index < -0.39 is 0 Å². The van der Waals surface area contributed by atoms with Crippen LogP contribution in [-0.4, -0.2) is 41.7 Å². The number of hydrogen-bond acceptors (Lipinski definition) is 3. The molecule has 0 aromatic carbocycles. The van der Waals surface area contributed by atoms with E-state index in [0.29, 0.717) is 6.54 Å².